The fourth-order valence-corrected chi connectivity index (χ4v) is 1.35. The Morgan fingerprint density at radius 3 is 2.78 bits per heavy atom. The maximum absolute atomic E-state index is 11.8. The Balaban J connectivity index is 2.93. The van der Waals surface area contributed by atoms with E-state index in [4.69, 9.17) is 10.8 Å². The van der Waals surface area contributed by atoms with Gasteiger partial charge in [-0.2, -0.15) is 0 Å². The Labute approximate surface area is 105 Å². The van der Waals surface area contributed by atoms with E-state index < -0.39 is 5.91 Å². The van der Waals surface area contributed by atoms with Crippen molar-refractivity contribution < 1.29 is 14.7 Å². The standard InChI is InChI=1S/C13H14N2O3/c1-9-4-5-10(3-2-6-16)7-11(9)13(18)15-8-12(14)17/h4-5,7,16H,6,8H2,1H3,(H2,14,17)(H,15,18). The molecule has 0 fully saturated rings. The van der Waals surface area contributed by atoms with Crippen molar-refractivity contribution in [3.05, 3.63) is 34.9 Å². The lowest BCUT2D eigenvalue weighted by molar-refractivity contribution is -0.117. The first-order valence-electron chi connectivity index (χ1n) is 5.31. The van der Waals surface area contributed by atoms with Gasteiger partial charge < -0.3 is 16.2 Å². The molecule has 0 radical (unpaired) electrons. The van der Waals surface area contributed by atoms with E-state index in [9.17, 15) is 9.59 Å². The van der Waals surface area contributed by atoms with Crippen molar-refractivity contribution in [2.75, 3.05) is 13.2 Å². The molecule has 94 valence electrons. The van der Waals surface area contributed by atoms with Gasteiger partial charge in [0.2, 0.25) is 5.91 Å². The van der Waals surface area contributed by atoms with Crippen LogP contribution in [0.5, 0.6) is 0 Å². The van der Waals surface area contributed by atoms with Crippen LogP contribution in [-0.4, -0.2) is 30.1 Å². The molecule has 0 atom stereocenters. The number of amides is 2. The number of aliphatic hydroxyl groups excluding tert-OH is 1. The van der Waals surface area contributed by atoms with E-state index >= 15 is 0 Å². The SMILES string of the molecule is Cc1ccc(C#CCO)cc1C(=O)NCC(N)=O. The number of primary amides is 1. The summed E-state index contributed by atoms with van der Waals surface area (Å²) in [4.78, 5) is 22.4. The summed E-state index contributed by atoms with van der Waals surface area (Å²) < 4.78 is 0. The Bertz CT molecular complexity index is 527. The van der Waals surface area contributed by atoms with Gasteiger partial charge in [0.25, 0.3) is 5.91 Å². The highest BCUT2D eigenvalue weighted by Gasteiger charge is 2.09. The molecule has 0 heterocycles. The van der Waals surface area contributed by atoms with Crippen molar-refractivity contribution in [2.45, 2.75) is 6.92 Å². The largest absolute Gasteiger partial charge is 0.384 e. The summed E-state index contributed by atoms with van der Waals surface area (Å²) in [5.74, 6) is 4.23. The van der Waals surface area contributed by atoms with Crippen LogP contribution in [0.25, 0.3) is 0 Å². The molecule has 1 rings (SSSR count). The molecule has 0 aliphatic rings. The predicted molar refractivity (Wildman–Crippen MR) is 66.7 cm³/mol. The first-order valence-corrected chi connectivity index (χ1v) is 5.31. The zero-order valence-electron chi connectivity index (χ0n) is 9.99. The molecule has 0 aliphatic carbocycles. The maximum Gasteiger partial charge on any atom is 0.252 e. The van der Waals surface area contributed by atoms with E-state index in [2.05, 4.69) is 17.2 Å². The number of aliphatic hydroxyl groups is 1. The van der Waals surface area contributed by atoms with E-state index in [1.54, 1.807) is 25.1 Å². The molecule has 0 aromatic heterocycles. The zero-order valence-corrected chi connectivity index (χ0v) is 9.99. The van der Waals surface area contributed by atoms with Crippen molar-refractivity contribution >= 4 is 11.8 Å². The topological polar surface area (TPSA) is 92.4 Å². The average Bonchev–Trinajstić information content (AvgIpc) is 2.35. The fourth-order valence-electron chi connectivity index (χ4n) is 1.35. The van der Waals surface area contributed by atoms with Crippen LogP contribution in [0.3, 0.4) is 0 Å². The van der Waals surface area contributed by atoms with Gasteiger partial charge in [-0.05, 0) is 24.6 Å². The Kier molecular flexibility index (Phi) is 4.90. The minimum absolute atomic E-state index is 0.204. The normalized spacial score (nSPS) is 9.22. The molecule has 1 aromatic carbocycles. The number of hydrogen-bond donors (Lipinski definition) is 3. The molecule has 5 nitrogen and oxygen atoms in total. The van der Waals surface area contributed by atoms with E-state index in [1.165, 1.54) is 0 Å². The lowest BCUT2D eigenvalue weighted by Gasteiger charge is -2.06. The Morgan fingerprint density at radius 1 is 1.44 bits per heavy atom. The molecule has 0 spiro atoms. The highest BCUT2D eigenvalue weighted by molar-refractivity contribution is 5.97. The molecule has 0 bridgehead atoms. The third kappa shape index (κ3) is 3.92. The van der Waals surface area contributed by atoms with Crippen molar-refractivity contribution in [3.63, 3.8) is 0 Å². The van der Waals surface area contributed by atoms with Crippen LogP contribution in [0, 0.1) is 18.8 Å². The van der Waals surface area contributed by atoms with E-state index in [-0.39, 0.29) is 19.1 Å². The molecule has 1 aromatic rings. The van der Waals surface area contributed by atoms with Gasteiger partial charge in [-0.3, -0.25) is 9.59 Å². The molecule has 0 saturated carbocycles. The van der Waals surface area contributed by atoms with Gasteiger partial charge in [0, 0.05) is 11.1 Å². The van der Waals surface area contributed by atoms with Gasteiger partial charge >= 0.3 is 0 Å². The van der Waals surface area contributed by atoms with Crippen LogP contribution in [0.2, 0.25) is 0 Å². The van der Waals surface area contributed by atoms with Crippen LogP contribution < -0.4 is 11.1 Å². The molecular weight excluding hydrogens is 232 g/mol. The second-order valence-electron chi connectivity index (χ2n) is 3.64. The smallest absolute Gasteiger partial charge is 0.252 e. The Morgan fingerprint density at radius 2 is 2.17 bits per heavy atom. The lowest BCUT2D eigenvalue weighted by atomic mass is 10.0. The Hall–Kier alpha value is -2.32. The van der Waals surface area contributed by atoms with E-state index in [0.717, 1.165) is 5.56 Å². The summed E-state index contributed by atoms with van der Waals surface area (Å²) in [6, 6.07) is 5.11. The van der Waals surface area contributed by atoms with Crippen LogP contribution in [0.4, 0.5) is 0 Å². The van der Waals surface area contributed by atoms with Crippen molar-refractivity contribution in [1.82, 2.24) is 5.32 Å². The van der Waals surface area contributed by atoms with Crippen molar-refractivity contribution in [3.8, 4) is 11.8 Å². The lowest BCUT2D eigenvalue weighted by Crippen LogP contribution is -2.33. The second-order valence-corrected chi connectivity index (χ2v) is 3.64. The zero-order chi connectivity index (χ0) is 13.5. The second kappa shape index (κ2) is 6.42. The molecule has 4 N–H and O–H groups in total. The van der Waals surface area contributed by atoms with Gasteiger partial charge in [0.05, 0.1) is 6.54 Å². The number of aryl methyl sites for hydroxylation is 1. The van der Waals surface area contributed by atoms with Gasteiger partial charge in [0.15, 0.2) is 0 Å². The molecule has 18 heavy (non-hydrogen) atoms. The number of benzene rings is 1. The first-order chi connectivity index (χ1) is 8.54. The molecule has 5 heteroatoms. The predicted octanol–water partition coefficient (Wildman–Crippen LogP) is -0.446. The van der Waals surface area contributed by atoms with Gasteiger partial charge in [0.1, 0.15) is 6.61 Å². The molecule has 0 aliphatic heterocycles. The van der Waals surface area contributed by atoms with Gasteiger partial charge in [-0.25, -0.2) is 0 Å². The van der Waals surface area contributed by atoms with Gasteiger partial charge in [-0.15, -0.1) is 0 Å². The number of nitrogens with two attached hydrogens (primary N) is 1. The van der Waals surface area contributed by atoms with Gasteiger partial charge in [-0.1, -0.05) is 17.9 Å². The summed E-state index contributed by atoms with van der Waals surface area (Å²) in [5.41, 5.74) is 6.77. The number of rotatable bonds is 3. The molecule has 0 unspecified atom stereocenters. The van der Waals surface area contributed by atoms with Crippen molar-refractivity contribution in [2.24, 2.45) is 5.73 Å². The number of nitrogens with one attached hydrogen (secondary N) is 1. The molecular formula is C13H14N2O3. The minimum Gasteiger partial charge on any atom is -0.384 e. The number of carbonyl (C=O) groups excluding carboxylic acids is 2. The highest BCUT2D eigenvalue weighted by atomic mass is 16.2. The van der Waals surface area contributed by atoms with Crippen LogP contribution in [0.1, 0.15) is 21.5 Å². The summed E-state index contributed by atoms with van der Waals surface area (Å²) >= 11 is 0. The van der Waals surface area contributed by atoms with E-state index in [0.29, 0.717) is 11.1 Å². The third-order valence-corrected chi connectivity index (χ3v) is 2.22. The van der Waals surface area contributed by atoms with Crippen LogP contribution in [-0.2, 0) is 4.79 Å². The third-order valence-electron chi connectivity index (χ3n) is 2.22. The summed E-state index contributed by atoms with van der Waals surface area (Å²) in [5, 5.41) is 11.0. The number of carbonyl (C=O) groups is 2. The summed E-state index contributed by atoms with van der Waals surface area (Å²) in [6.07, 6.45) is 0. The fraction of sp³-hybridized carbons (Fsp3) is 0.231. The van der Waals surface area contributed by atoms with Crippen LogP contribution >= 0.6 is 0 Å². The highest BCUT2D eigenvalue weighted by Crippen LogP contribution is 2.10. The maximum atomic E-state index is 11.8. The minimum atomic E-state index is -0.600. The van der Waals surface area contributed by atoms with Crippen molar-refractivity contribution in [1.29, 1.82) is 0 Å². The molecule has 0 saturated heterocycles. The number of hydrogen-bond acceptors (Lipinski definition) is 3. The first kappa shape index (κ1) is 13.7. The summed E-state index contributed by atoms with van der Waals surface area (Å²) in [7, 11) is 0. The van der Waals surface area contributed by atoms with Crippen LogP contribution in [0.15, 0.2) is 18.2 Å². The monoisotopic (exact) mass is 246 g/mol. The summed E-state index contributed by atoms with van der Waals surface area (Å²) in [6.45, 7) is 1.34. The quantitative estimate of drug-likeness (QED) is 0.631. The van der Waals surface area contributed by atoms with E-state index in [1.807, 2.05) is 0 Å². The average molecular weight is 246 g/mol. The molecule has 2 amide bonds.